The van der Waals surface area contributed by atoms with Crippen molar-refractivity contribution in [1.82, 2.24) is 10.6 Å². The van der Waals surface area contributed by atoms with Crippen LogP contribution in [-0.2, 0) is 25.5 Å². The summed E-state index contributed by atoms with van der Waals surface area (Å²) in [6.07, 6.45) is -0.526. The molecule has 2 N–H and O–H groups in total. The maximum atomic E-state index is 13.0. The van der Waals surface area contributed by atoms with Crippen LogP contribution in [0.2, 0.25) is 0 Å². The average Bonchev–Trinajstić information content (AvgIpc) is 2.58. The maximum Gasteiger partial charge on any atom is 0.408 e. The molecule has 186 valence electrons. The fourth-order valence-corrected chi connectivity index (χ4v) is 2.70. The number of alkyl carbamates (subject to hydrolysis) is 1. The molecule has 0 spiro atoms. The number of rotatable bonds is 7. The number of esters is 1. The van der Waals surface area contributed by atoms with Crippen molar-refractivity contribution in [2.75, 3.05) is 0 Å². The molecule has 0 saturated heterocycles. The standard InChI is InChI=1S/C25H40N2O6/c1-16(21(29)32-24(5,6)7)26-20(28)19(27-22(30)33-25(8,9)10)15-17-11-13-18(14-12-17)31-23(2,3)4/h11-14,16,19H,15H2,1-10H3,(H,26,28)(H,27,30)/t16-,19-/m0/s1. The molecule has 8 nitrogen and oxygen atoms in total. The predicted octanol–water partition coefficient (Wildman–Crippen LogP) is 4.15. The number of carbonyl (C=O) groups is 3. The van der Waals surface area contributed by atoms with Crippen LogP contribution in [0.1, 0.15) is 74.8 Å². The van der Waals surface area contributed by atoms with Gasteiger partial charge in [-0.25, -0.2) is 9.59 Å². The van der Waals surface area contributed by atoms with Gasteiger partial charge in [0.15, 0.2) is 0 Å². The van der Waals surface area contributed by atoms with Crippen molar-refractivity contribution in [2.45, 2.75) is 105 Å². The SMILES string of the molecule is C[C@H](NC(=O)[C@H](Cc1ccc(OC(C)(C)C)cc1)NC(=O)OC(C)(C)C)C(=O)OC(C)(C)C. The largest absolute Gasteiger partial charge is 0.488 e. The Morgan fingerprint density at radius 1 is 0.788 bits per heavy atom. The summed E-state index contributed by atoms with van der Waals surface area (Å²) in [5.74, 6) is -0.379. The summed E-state index contributed by atoms with van der Waals surface area (Å²) in [6, 6.07) is 5.44. The highest BCUT2D eigenvalue weighted by Crippen LogP contribution is 2.19. The first-order valence-corrected chi connectivity index (χ1v) is 11.2. The summed E-state index contributed by atoms with van der Waals surface area (Å²) >= 11 is 0. The molecule has 0 bridgehead atoms. The predicted molar refractivity (Wildman–Crippen MR) is 127 cm³/mol. The first-order valence-electron chi connectivity index (χ1n) is 11.2. The molecule has 0 aliphatic rings. The number of ether oxygens (including phenoxy) is 3. The molecule has 0 radical (unpaired) electrons. The van der Waals surface area contributed by atoms with Gasteiger partial charge < -0.3 is 24.8 Å². The van der Waals surface area contributed by atoms with Crippen molar-refractivity contribution < 1.29 is 28.6 Å². The van der Waals surface area contributed by atoms with Crippen LogP contribution in [0.25, 0.3) is 0 Å². The second kappa shape index (κ2) is 10.9. The van der Waals surface area contributed by atoms with E-state index in [1.165, 1.54) is 6.92 Å². The van der Waals surface area contributed by atoms with Gasteiger partial charge in [-0.1, -0.05) is 12.1 Å². The van der Waals surface area contributed by atoms with Gasteiger partial charge in [-0.15, -0.1) is 0 Å². The summed E-state index contributed by atoms with van der Waals surface area (Å²) in [4.78, 5) is 37.6. The minimum Gasteiger partial charge on any atom is -0.488 e. The summed E-state index contributed by atoms with van der Waals surface area (Å²) in [7, 11) is 0. The summed E-state index contributed by atoms with van der Waals surface area (Å²) in [5, 5.41) is 5.24. The van der Waals surface area contributed by atoms with E-state index < -0.39 is 41.3 Å². The molecule has 0 saturated carbocycles. The molecule has 2 atom stereocenters. The summed E-state index contributed by atoms with van der Waals surface area (Å²) < 4.78 is 16.5. The normalized spacial score (nSPS) is 14.0. The average molecular weight is 465 g/mol. The number of nitrogens with one attached hydrogen (secondary N) is 2. The topological polar surface area (TPSA) is 103 Å². The van der Waals surface area contributed by atoms with Gasteiger partial charge in [0, 0.05) is 6.42 Å². The Kier molecular flexibility index (Phi) is 9.33. The van der Waals surface area contributed by atoms with Gasteiger partial charge in [0.2, 0.25) is 5.91 Å². The molecule has 0 aliphatic carbocycles. The van der Waals surface area contributed by atoms with Crippen LogP contribution in [0.4, 0.5) is 4.79 Å². The molecule has 1 aromatic carbocycles. The molecule has 1 aromatic rings. The van der Waals surface area contributed by atoms with Crippen LogP contribution in [0, 0.1) is 0 Å². The van der Waals surface area contributed by atoms with Gasteiger partial charge in [0.05, 0.1) is 0 Å². The van der Waals surface area contributed by atoms with Gasteiger partial charge in [-0.05, 0) is 86.9 Å². The zero-order valence-electron chi connectivity index (χ0n) is 21.6. The molecule has 8 heteroatoms. The first-order chi connectivity index (χ1) is 14.8. The molecule has 0 unspecified atom stereocenters. The molecule has 0 heterocycles. The number of amides is 2. The summed E-state index contributed by atoms with van der Waals surface area (Å²) in [5.41, 5.74) is -0.931. The second-order valence-electron chi connectivity index (χ2n) is 11.0. The van der Waals surface area contributed by atoms with Gasteiger partial charge >= 0.3 is 12.1 Å². The lowest BCUT2D eigenvalue weighted by Gasteiger charge is -2.26. The van der Waals surface area contributed by atoms with E-state index in [-0.39, 0.29) is 12.0 Å². The summed E-state index contributed by atoms with van der Waals surface area (Å²) in [6.45, 7) is 17.9. The zero-order chi connectivity index (χ0) is 25.6. The lowest BCUT2D eigenvalue weighted by molar-refractivity contribution is -0.158. The Labute approximate surface area is 197 Å². The molecular weight excluding hydrogens is 424 g/mol. The van der Waals surface area contributed by atoms with E-state index in [2.05, 4.69) is 10.6 Å². The van der Waals surface area contributed by atoms with Crippen LogP contribution in [-0.4, -0.2) is 46.9 Å². The Balaban J connectivity index is 2.97. The highest BCUT2D eigenvalue weighted by atomic mass is 16.6. The smallest absolute Gasteiger partial charge is 0.408 e. The van der Waals surface area contributed by atoms with Crippen LogP contribution < -0.4 is 15.4 Å². The minimum absolute atomic E-state index is 0.196. The highest BCUT2D eigenvalue weighted by molar-refractivity contribution is 5.89. The van der Waals surface area contributed by atoms with Crippen LogP contribution in [0.3, 0.4) is 0 Å². The van der Waals surface area contributed by atoms with E-state index in [4.69, 9.17) is 14.2 Å². The monoisotopic (exact) mass is 464 g/mol. The highest BCUT2D eigenvalue weighted by Gasteiger charge is 2.29. The van der Waals surface area contributed by atoms with Crippen molar-refractivity contribution in [3.8, 4) is 5.75 Å². The third-order valence-corrected chi connectivity index (χ3v) is 3.91. The third kappa shape index (κ3) is 12.2. The molecule has 33 heavy (non-hydrogen) atoms. The van der Waals surface area contributed by atoms with E-state index in [1.807, 2.05) is 45.0 Å². The van der Waals surface area contributed by atoms with Crippen LogP contribution in [0.15, 0.2) is 24.3 Å². The van der Waals surface area contributed by atoms with Gasteiger partial charge in [-0.3, -0.25) is 4.79 Å². The van der Waals surface area contributed by atoms with Crippen molar-refractivity contribution >= 4 is 18.0 Å². The maximum absolute atomic E-state index is 13.0. The van der Waals surface area contributed by atoms with Crippen molar-refractivity contribution in [3.63, 3.8) is 0 Å². The molecule has 2 amide bonds. The number of carbonyl (C=O) groups excluding carboxylic acids is 3. The number of hydrogen-bond acceptors (Lipinski definition) is 6. The van der Waals surface area contributed by atoms with Crippen molar-refractivity contribution in [3.05, 3.63) is 29.8 Å². The van der Waals surface area contributed by atoms with Gasteiger partial charge in [0.25, 0.3) is 0 Å². The van der Waals surface area contributed by atoms with Crippen LogP contribution >= 0.6 is 0 Å². The van der Waals surface area contributed by atoms with Crippen molar-refractivity contribution in [2.24, 2.45) is 0 Å². The lowest BCUT2D eigenvalue weighted by Crippen LogP contribution is -2.53. The third-order valence-electron chi connectivity index (χ3n) is 3.91. The Bertz CT molecular complexity index is 813. The minimum atomic E-state index is -0.959. The van der Waals surface area contributed by atoms with Crippen LogP contribution in [0.5, 0.6) is 5.75 Å². The molecule has 0 aromatic heterocycles. The second-order valence-corrected chi connectivity index (χ2v) is 11.0. The Morgan fingerprint density at radius 2 is 1.30 bits per heavy atom. The van der Waals surface area contributed by atoms with E-state index in [9.17, 15) is 14.4 Å². The molecule has 1 rings (SSSR count). The number of benzene rings is 1. The first kappa shape index (κ1) is 28.3. The fourth-order valence-electron chi connectivity index (χ4n) is 2.70. The fraction of sp³-hybridized carbons (Fsp3) is 0.640. The van der Waals surface area contributed by atoms with Gasteiger partial charge in [-0.2, -0.15) is 0 Å². The number of hydrogen-bond donors (Lipinski definition) is 2. The quantitative estimate of drug-likeness (QED) is 0.588. The molecular formula is C25H40N2O6. The Hall–Kier alpha value is -2.77. The van der Waals surface area contributed by atoms with Crippen molar-refractivity contribution in [1.29, 1.82) is 0 Å². The van der Waals surface area contributed by atoms with E-state index in [0.29, 0.717) is 5.75 Å². The van der Waals surface area contributed by atoms with E-state index in [1.54, 1.807) is 41.5 Å². The van der Waals surface area contributed by atoms with Gasteiger partial charge in [0.1, 0.15) is 34.6 Å². The lowest BCUT2D eigenvalue weighted by atomic mass is 10.0. The zero-order valence-corrected chi connectivity index (χ0v) is 21.6. The Morgan fingerprint density at radius 3 is 1.76 bits per heavy atom. The molecule has 0 fully saturated rings. The molecule has 0 aliphatic heterocycles. The van der Waals surface area contributed by atoms with E-state index >= 15 is 0 Å². The van der Waals surface area contributed by atoms with E-state index in [0.717, 1.165) is 5.56 Å².